The number of nitrogens with zero attached hydrogens (tertiary/aromatic N) is 1. The third-order valence-electron chi connectivity index (χ3n) is 3.17. The highest BCUT2D eigenvalue weighted by Gasteiger charge is 2.18. The Balaban J connectivity index is 3.14. The van der Waals surface area contributed by atoms with E-state index >= 15 is 0 Å². The van der Waals surface area contributed by atoms with Crippen molar-refractivity contribution in [3.63, 3.8) is 0 Å². The summed E-state index contributed by atoms with van der Waals surface area (Å²) in [4.78, 5) is 2.28. The number of rotatable bonds is 6. The van der Waals surface area contributed by atoms with E-state index in [4.69, 9.17) is 10.5 Å². The standard InChI is InChI=1S/C14H24N2OS/c1-10(9-18-5)16(3)12-7-6-8-13(17-4)14(12)11(2)15/h6-8,10-11H,9,15H2,1-5H3/t10?,11-/m1/s1. The monoisotopic (exact) mass is 268 g/mol. The summed E-state index contributed by atoms with van der Waals surface area (Å²) in [6.07, 6.45) is 2.13. The Bertz CT molecular complexity index is 382. The average molecular weight is 268 g/mol. The van der Waals surface area contributed by atoms with Gasteiger partial charge in [-0.25, -0.2) is 0 Å². The lowest BCUT2D eigenvalue weighted by Gasteiger charge is -2.30. The first-order chi connectivity index (χ1) is 8.52. The van der Waals surface area contributed by atoms with Crippen LogP contribution in [0.1, 0.15) is 25.5 Å². The maximum absolute atomic E-state index is 6.09. The van der Waals surface area contributed by atoms with E-state index in [2.05, 4.69) is 31.2 Å². The zero-order valence-electron chi connectivity index (χ0n) is 11.9. The number of nitrogens with two attached hydrogens (primary N) is 1. The minimum Gasteiger partial charge on any atom is -0.496 e. The summed E-state index contributed by atoms with van der Waals surface area (Å²) in [6.45, 7) is 4.22. The van der Waals surface area contributed by atoms with Crippen LogP contribution in [0.2, 0.25) is 0 Å². The largest absolute Gasteiger partial charge is 0.496 e. The molecule has 1 aromatic carbocycles. The Morgan fingerprint density at radius 2 is 2.06 bits per heavy atom. The summed E-state index contributed by atoms with van der Waals surface area (Å²) in [5.41, 5.74) is 8.33. The topological polar surface area (TPSA) is 38.5 Å². The Kier molecular flexibility index (Phi) is 5.82. The lowest BCUT2D eigenvalue weighted by atomic mass is 10.0. The molecule has 0 fully saturated rings. The minimum absolute atomic E-state index is 0.0416. The lowest BCUT2D eigenvalue weighted by molar-refractivity contribution is 0.407. The molecule has 0 bridgehead atoms. The molecule has 2 atom stereocenters. The van der Waals surface area contributed by atoms with E-state index in [9.17, 15) is 0 Å². The normalized spacial score (nSPS) is 14.1. The Hall–Kier alpha value is -0.870. The van der Waals surface area contributed by atoms with Crippen LogP contribution in [0.5, 0.6) is 5.75 Å². The van der Waals surface area contributed by atoms with Crippen molar-refractivity contribution in [3.05, 3.63) is 23.8 Å². The molecule has 18 heavy (non-hydrogen) atoms. The molecular formula is C14H24N2OS. The van der Waals surface area contributed by atoms with Crippen molar-refractivity contribution in [2.45, 2.75) is 25.9 Å². The zero-order chi connectivity index (χ0) is 13.7. The number of ether oxygens (including phenoxy) is 1. The number of methoxy groups -OCH3 is 1. The van der Waals surface area contributed by atoms with E-state index in [1.54, 1.807) is 7.11 Å². The van der Waals surface area contributed by atoms with Crippen LogP contribution in [-0.4, -0.2) is 32.2 Å². The maximum atomic E-state index is 6.09. The first-order valence-corrected chi connectivity index (χ1v) is 7.56. The molecule has 0 saturated carbocycles. The molecule has 0 aromatic heterocycles. The van der Waals surface area contributed by atoms with Gasteiger partial charge in [0.2, 0.25) is 0 Å². The zero-order valence-corrected chi connectivity index (χ0v) is 12.8. The molecule has 4 heteroatoms. The quantitative estimate of drug-likeness (QED) is 0.861. The molecule has 0 aliphatic carbocycles. The van der Waals surface area contributed by atoms with Gasteiger partial charge in [0.15, 0.2) is 0 Å². The molecule has 0 aliphatic heterocycles. The number of hydrogen-bond acceptors (Lipinski definition) is 4. The predicted molar refractivity (Wildman–Crippen MR) is 81.8 cm³/mol. The predicted octanol–water partition coefficient (Wildman–Crippen LogP) is 2.90. The van der Waals surface area contributed by atoms with Gasteiger partial charge in [-0.2, -0.15) is 11.8 Å². The fourth-order valence-corrected chi connectivity index (χ4v) is 2.77. The summed E-state index contributed by atoms with van der Waals surface area (Å²) in [5, 5.41) is 0. The Morgan fingerprint density at radius 3 is 2.56 bits per heavy atom. The highest BCUT2D eigenvalue weighted by molar-refractivity contribution is 7.98. The van der Waals surface area contributed by atoms with E-state index in [0.29, 0.717) is 6.04 Å². The lowest BCUT2D eigenvalue weighted by Crippen LogP contribution is -2.32. The summed E-state index contributed by atoms with van der Waals surface area (Å²) in [6, 6.07) is 6.51. The molecule has 102 valence electrons. The molecule has 1 rings (SSSR count). The maximum Gasteiger partial charge on any atom is 0.125 e. The average Bonchev–Trinajstić information content (AvgIpc) is 2.36. The first kappa shape index (κ1) is 15.2. The molecule has 0 radical (unpaired) electrons. The van der Waals surface area contributed by atoms with Gasteiger partial charge >= 0.3 is 0 Å². The van der Waals surface area contributed by atoms with Crippen LogP contribution in [0.25, 0.3) is 0 Å². The fourth-order valence-electron chi connectivity index (χ4n) is 2.07. The number of thioether (sulfide) groups is 1. The SMILES string of the molecule is COc1cccc(N(C)C(C)CSC)c1[C@@H](C)N. The van der Waals surface area contributed by atoms with Crippen LogP contribution >= 0.6 is 11.8 Å². The van der Waals surface area contributed by atoms with E-state index in [1.807, 2.05) is 30.8 Å². The van der Waals surface area contributed by atoms with Gasteiger partial charge in [0.1, 0.15) is 5.75 Å². The van der Waals surface area contributed by atoms with Crippen LogP contribution in [-0.2, 0) is 0 Å². The van der Waals surface area contributed by atoms with Crippen LogP contribution in [0.15, 0.2) is 18.2 Å². The van der Waals surface area contributed by atoms with Gasteiger partial charge < -0.3 is 15.4 Å². The second kappa shape index (κ2) is 6.90. The van der Waals surface area contributed by atoms with Gasteiger partial charge in [0.25, 0.3) is 0 Å². The summed E-state index contributed by atoms with van der Waals surface area (Å²) >= 11 is 1.85. The first-order valence-electron chi connectivity index (χ1n) is 6.17. The van der Waals surface area contributed by atoms with E-state index in [0.717, 1.165) is 22.8 Å². The van der Waals surface area contributed by atoms with Gasteiger partial charge in [-0.3, -0.25) is 0 Å². The van der Waals surface area contributed by atoms with Crippen molar-refractivity contribution >= 4 is 17.4 Å². The minimum atomic E-state index is -0.0416. The van der Waals surface area contributed by atoms with Crippen LogP contribution < -0.4 is 15.4 Å². The summed E-state index contributed by atoms with van der Waals surface area (Å²) in [5.74, 6) is 1.96. The van der Waals surface area contributed by atoms with Gasteiger partial charge in [-0.1, -0.05) is 6.07 Å². The third kappa shape index (κ3) is 3.33. The van der Waals surface area contributed by atoms with E-state index in [-0.39, 0.29) is 6.04 Å². The second-order valence-electron chi connectivity index (χ2n) is 4.60. The molecule has 0 aliphatic rings. The molecule has 0 amide bonds. The summed E-state index contributed by atoms with van der Waals surface area (Å²) in [7, 11) is 3.80. The van der Waals surface area contributed by atoms with E-state index in [1.165, 1.54) is 0 Å². The van der Waals surface area contributed by atoms with Crippen molar-refractivity contribution in [3.8, 4) is 5.75 Å². The van der Waals surface area contributed by atoms with Crippen LogP contribution in [0, 0.1) is 0 Å². The summed E-state index contributed by atoms with van der Waals surface area (Å²) < 4.78 is 5.43. The molecule has 1 unspecified atom stereocenters. The highest BCUT2D eigenvalue weighted by Crippen LogP contribution is 2.34. The molecular weight excluding hydrogens is 244 g/mol. The van der Waals surface area contributed by atoms with Crippen molar-refractivity contribution in [2.24, 2.45) is 5.73 Å². The molecule has 1 aromatic rings. The molecule has 3 nitrogen and oxygen atoms in total. The van der Waals surface area contributed by atoms with Gasteiger partial charge in [0, 0.05) is 36.1 Å². The fraction of sp³-hybridized carbons (Fsp3) is 0.571. The number of anilines is 1. The third-order valence-corrected chi connectivity index (χ3v) is 3.98. The van der Waals surface area contributed by atoms with Gasteiger partial charge in [-0.05, 0) is 32.2 Å². The molecule has 0 heterocycles. The number of hydrogen-bond donors (Lipinski definition) is 1. The number of benzene rings is 1. The molecule has 0 spiro atoms. The van der Waals surface area contributed by atoms with Gasteiger partial charge in [0.05, 0.1) is 7.11 Å². The van der Waals surface area contributed by atoms with Crippen molar-refractivity contribution in [2.75, 3.05) is 31.1 Å². The Labute approximate surface area is 115 Å². The van der Waals surface area contributed by atoms with Crippen molar-refractivity contribution < 1.29 is 4.74 Å². The Morgan fingerprint density at radius 1 is 1.39 bits per heavy atom. The van der Waals surface area contributed by atoms with Crippen LogP contribution in [0.3, 0.4) is 0 Å². The smallest absolute Gasteiger partial charge is 0.125 e. The van der Waals surface area contributed by atoms with Gasteiger partial charge in [-0.15, -0.1) is 0 Å². The van der Waals surface area contributed by atoms with Crippen LogP contribution in [0.4, 0.5) is 5.69 Å². The molecule has 2 N–H and O–H groups in total. The molecule has 0 saturated heterocycles. The highest BCUT2D eigenvalue weighted by atomic mass is 32.2. The van der Waals surface area contributed by atoms with E-state index < -0.39 is 0 Å². The second-order valence-corrected chi connectivity index (χ2v) is 5.51. The van der Waals surface area contributed by atoms with Crippen molar-refractivity contribution in [1.29, 1.82) is 0 Å². The van der Waals surface area contributed by atoms with Crippen molar-refractivity contribution in [1.82, 2.24) is 0 Å².